The largest absolute Gasteiger partial charge is 0.494 e. The Morgan fingerprint density at radius 2 is 2.21 bits per heavy atom. The van der Waals surface area contributed by atoms with Crippen molar-refractivity contribution in [2.45, 2.75) is 13.5 Å². The molecule has 1 rings (SSSR count). The molecule has 4 nitrogen and oxygen atoms in total. The lowest BCUT2D eigenvalue weighted by atomic mass is 10.1. The van der Waals surface area contributed by atoms with E-state index < -0.39 is 0 Å². The van der Waals surface area contributed by atoms with Gasteiger partial charge in [0.15, 0.2) is 0 Å². The minimum absolute atomic E-state index is 0.0410. The number of aliphatic hydroxyl groups is 1. The van der Waals surface area contributed by atoms with Crippen LogP contribution in [0.1, 0.15) is 11.1 Å². The van der Waals surface area contributed by atoms with Gasteiger partial charge >= 0.3 is 0 Å². The van der Waals surface area contributed by atoms with Gasteiger partial charge in [0, 0.05) is 0 Å². The van der Waals surface area contributed by atoms with Crippen LogP contribution in [0, 0.1) is 6.92 Å². The lowest BCUT2D eigenvalue weighted by Crippen LogP contribution is -1.91. The average molecular weight is 215 g/mol. The number of nitrogens with zero attached hydrogens (tertiary/aromatic N) is 2. The summed E-state index contributed by atoms with van der Waals surface area (Å²) in [6.45, 7) is 1.84. The minimum atomic E-state index is -0.0410. The summed E-state index contributed by atoms with van der Waals surface area (Å²) in [6.07, 6.45) is 0. The van der Waals surface area contributed by atoms with E-state index in [0.717, 1.165) is 11.1 Å². The molecule has 14 heavy (non-hydrogen) atoms. The van der Waals surface area contributed by atoms with Crippen LogP contribution in [0.2, 0.25) is 0 Å². The molecular weight excluding hydrogens is 204 g/mol. The number of halogens is 1. The molecule has 0 aliphatic carbocycles. The van der Waals surface area contributed by atoms with E-state index in [-0.39, 0.29) is 6.61 Å². The van der Waals surface area contributed by atoms with Gasteiger partial charge in [-0.1, -0.05) is 4.63 Å². The van der Waals surface area contributed by atoms with Crippen molar-refractivity contribution < 1.29 is 9.84 Å². The topological polar surface area (TPSA) is 54.2 Å². The van der Waals surface area contributed by atoms with E-state index in [1.165, 1.54) is 0 Å². The maximum absolute atomic E-state index is 9.03. The summed E-state index contributed by atoms with van der Waals surface area (Å²) in [5.41, 5.74) is 2.24. The van der Waals surface area contributed by atoms with Crippen LogP contribution in [0.5, 0.6) is 5.75 Å². The molecule has 0 bridgehead atoms. The molecule has 0 saturated heterocycles. The van der Waals surface area contributed by atoms with Crippen molar-refractivity contribution in [1.29, 1.82) is 0 Å². The van der Waals surface area contributed by atoms with Gasteiger partial charge < -0.3 is 9.84 Å². The summed E-state index contributed by atoms with van der Waals surface area (Å²) in [5, 5.41) is 12.7. The normalized spacial score (nSPS) is 10.9. The van der Waals surface area contributed by atoms with Crippen LogP contribution in [-0.4, -0.2) is 12.2 Å². The summed E-state index contributed by atoms with van der Waals surface area (Å²) < 4.78 is 8.24. The molecule has 0 radical (unpaired) electrons. The third-order valence-electron chi connectivity index (χ3n) is 1.95. The van der Waals surface area contributed by atoms with Crippen LogP contribution in [0.3, 0.4) is 0 Å². The van der Waals surface area contributed by atoms with Crippen LogP contribution in [0.15, 0.2) is 21.9 Å². The molecule has 0 aliphatic rings. The molecule has 1 N–H and O–H groups in total. The fraction of sp³-hybridized carbons (Fsp3) is 0.333. The Labute approximate surface area is 87.3 Å². The molecule has 76 valence electrons. The zero-order chi connectivity index (χ0) is 10.6. The number of rotatable bonds is 3. The summed E-state index contributed by atoms with van der Waals surface area (Å²) in [7, 11) is 1.54. The Morgan fingerprint density at radius 1 is 1.50 bits per heavy atom. The highest BCUT2D eigenvalue weighted by atomic mass is 35.5. The van der Waals surface area contributed by atoms with Gasteiger partial charge in [0.2, 0.25) is 0 Å². The first kappa shape index (κ1) is 10.9. The molecule has 0 aromatic heterocycles. The van der Waals surface area contributed by atoms with E-state index in [4.69, 9.17) is 21.6 Å². The van der Waals surface area contributed by atoms with E-state index in [1.54, 1.807) is 19.2 Å². The van der Waals surface area contributed by atoms with Gasteiger partial charge in [0.25, 0.3) is 0 Å². The second kappa shape index (κ2) is 4.93. The number of ether oxygens (including phenoxy) is 1. The van der Waals surface area contributed by atoms with Crippen molar-refractivity contribution in [3.63, 3.8) is 0 Å². The third kappa shape index (κ3) is 2.21. The molecule has 1 aromatic rings. The predicted octanol–water partition coefficient (Wildman–Crippen LogP) is 2.73. The molecule has 0 aliphatic heterocycles. The molecule has 0 atom stereocenters. The SMILES string of the molecule is COc1cc(C)c(CO)cc1/N=N/Cl. The average Bonchev–Trinajstić information content (AvgIpc) is 2.20. The first-order valence-electron chi connectivity index (χ1n) is 4.03. The van der Waals surface area contributed by atoms with Gasteiger partial charge in [0.05, 0.1) is 25.5 Å². The number of methoxy groups -OCH3 is 1. The molecule has 1 aromatic carbocycles. The van der Waals surface area contributed by atoms with Crippen molar-refractivity contribution in [2.24, 2.45) is 9.75 Å². The van der Waals surface area contributed by atoms with Gasteiger partial charge in [0.1, 0.15) is 11.4 Å². The molecule has 0 heterocycles. The van der Waals surface area contributed by atoms with Crippen molar-refractivity contribution in [1.82, 2.24) is 0 Å². The van der Waals surface area contributed by atoms with Gasteiger partial charge in [-0.05, 0) is 30.2 Å². The van der Waals surface area contributed by atoms with Gasteiger partial charge in [-0.3, -0.25) is 0 Å². The Bertz CT molecular complexity index is 353. The van der Waals surface area contributed by atoms with E-state index in [0.29, 0.717) is 11.4 Å². The first-order valence-corrected chi connectivity index (χ1v) is 4.37. The standard InChI is InChI=1S/C9H11ClN2O2/c1-6-3-9(14-2)8(11-12-10)4-7(6)5-13/h3-4,13H,5H2,1-2H3/b12-11+. The summed E-state index contributed by atoms with van der Waals surface area (Å²) >= 11 is 5.14. The van der Waals surface area contributed by atoms with Crippen LogP contribution in [0.4, 0.5) is 5.69 Å². The Morgan fingerprint density at radius 3 is 2.71 bits per heavy atom. The Kier molecular flexibility index (Phi) is 3.85. The number of aryl methyl sites for hydroxylation is 1. The summed E-state index contributed by atoms with van der Waals surface area (Å²) in [4.78, 5) is 0. The van der Waals surface area contributed by atoms with Crippen molar-refractivity contribution in [2.75, 3.05) is 7.11 Å². The second-order valence-electron chi connectivity index (χ2n) is 2.78. The molecule has 0 saturated carbocycles. The summed E-state index contributed by atoms with van der Waals surface area (Å²) in [5.74, 6) is 0.587. The zero-order valence-corrected chi connectivity index (χ0v) is 8.75. The lowest BCUT2D eigenvalue weighted by Gasteiger charge is -2.08. The van der Waals surface area contributed by atoms with Gasteiger partial charge in [-0.15, -0.1) is 5.11 Å². The van der Waals surface area contributed by atoms with E-state index in [2.05, 4.69) is 9.75 Å². The molecule has 5 heteroatoms. The minimum Gasteiger partial charge on any atom is -0.494 e. The van der Waals surface area contributed by atoms with Crippen LogP contribution >= 0.6 is 11.8 Å². The fourth-order valence-corrected chi connectivity index (χ4v) is 1.25. The highest BCUT2D eigenvalue weighted by molar-refractivity contribution is 6.14. The maximum atomic E-state index is 9.03. The number of hydrogen-bond donors (Lipinski definition) is 1. The quantitative estimate of drug-likeness (QED) is 0.787. The zero-order valence-electron chi connectivity index (χ0n) is 7.99. The predicted molar refractivity (Wildman–Crippen MR) is 54.0 cm³/mol. The van der Waals surface area contributed by atoms with Crippen LogP contribution < -0.4 is 4.74 Å². The van der Waals surface area contributed by atoms with Crippen LogP contribution in [-0.2, 0) is 6.61 Å². The highest BCUT2D eigenvalue weighted by Gasteiger charge is 2.06. The van der Waals surface area contributed by atoms with E-state index >= 15 is 0 Å². The van der Waals surface area contributed by atoms with Gasteiger partial charge in [-0.25, -0.2) is 0 Å². The molecular formula is C9H11ClN2O2. The lowest BCUT2D eigenvalue weighted by molar-refractivity contribution is 0.281. The third-order valence-corrected chi connectivity index (χ3v) is 2.03. The van der Waals surface area contributed by atoms with E-state index in [1.807, 2.05) is 6.92 Å². The Balaban J connectivity index is 3.24. The smallest absolute Gasteiger partial charge is 0.146 e. The van der Waals surface area contributed by atoms with Crippen molar-refractivity contribution in [3.05, 3.63) is 23.3 Å². The fourth-order valence-electron chi connectivity index (χ4n) is 1.17. The first-order chi connectivity index (χ1) is 6.72. The monoisotopic (exact) mass is 214 g/mol. The van der Waals surface area contributed by atoms with E-state index in [9.17, 15) is 0 Å². The summed E-state index contributed by atoms with van der Waals surface area (Å²) in [6, 6.07) is 3.48. The Hall–Kier alpha value is -1.13. The van der Waals surface area contributed by atoms with Crippen molar-refractivity contribution >= 4 is 17.5 Å². The molecule has 0 unspecified atom stereocenters. The maximum Gasteiger partial charge on any atom is 0.146 e. The van der Waals surface area contributed by atoms with Gasteiger partial charge in [-0.2, -0.15) is 0 Å². The number of hydrogen-bond acceptors (Lipinski definition) is 4. The van der Waals surface area contributed by atoms with Crippen LogP contribution in [0.25, 0.3) is 0 Å². The number of aliphatic hydroxyl groups excluding tert-OH is 1. The molecule has 0 amide bonds. The number of benzene rings is 1. The van der Waals surface area contributed by atoms with Crippen molar-refractivity contribution in [3.8, 4) is 5.75 Å². The second-order valence-corrected chi connectivity index (χ2v) is 2.94. The highest BCUT2D eigenvalue weighted by Crippen LogP contribution is 2.31. The molecule has 0 spiro atoms. The molecule has 0 fully saturated rings.